The number of pyridine rings is 1. The molecule has 2 N–H and O–H groups in total. The van der Waals surface area contributed by atoms with E-state index in [-0.39, 0.29) is 23.6 Å². The molecule has 2 atom stereocenters. The van der Waals surface area contributed by atoms with Crippen molar-refractivity contribution >= 4 is 5.91 Å². The Bertz CT molecular complexity index is 708. The molecule has 3 rings (SSSR count). The number of ether oxygens (including phenoxy) is 1. The van der Waals surface area contributed by atoms with E-state index in [0.717, 1.165) is 24.1 Å². The highest BCUT2D eigenvalue weighted by atomic mass is 19.4. The van der Waals surface area contributed by atoms with Gasteiger partial charge in [0.2, 0.25) is 5.91 Å². The molecule has 2 heterocycles. The second kappa shape index (κ2) is 7.30. The number of fused-ring (bicyclic) bond motifs is 1. The first-order valence-electron chi connectivity index (χ1n) is 9.33. The van der Waals surface area contributed by atoms with E-state index in [1.165, 1.54) is 6.20 Å². The Morgan fingerprint density at radius 2 is 2.22 bits per heavy atom. The van der Waals surface area contributed by atoms with Crippen LogP contribution in [0.2, 0.25) is 0 Å². The molecular formula is C19H26F3N3O2. The lowest BCUT2D eigenvalue weighted by molar-refractivity contribution is -0.153. The Morgan fingerprint density at radius 1 is 1.48 bits per heavy atom. The largest absolute Gasteiger partial charge is 0.482 e. The van der Waals surface area contributed by atoms with Gasteiger partial charge < -0.3 is 15.4 Å². The van der Waals surface area contributed by atoms with Crippen LogP contribution in [0.3, 0.4) is 0 Å². The molecule has 27 heavy (non-hydrogen) atoms. The normalized spacial score (nSPS) is 25.6. The van der Waals surface area contributed by atoms with Gasteiger partial charge in [-0.3, -0.25) is 9.78 Å². The summed E-state index contributed by atoms with van der Waals surface area (Å²) in [5, 5.41) is 0. The van der Waals surface area contributed by atoms with E-state index in [4.69, 9.17) is 10.5 Å². The van der Waals surface area contributed by atoms with Crippen molar-refractivity contribution < 1.29 is 22.7 Å². The number of amides is 1. The summed E-state index contributed by atoms with van der Waals surface area (Å²) in [6.45, 7) is 3.65. The number of rotatable bonds is 4. The highest BCUT2D eigenvalue weighted by molar-refractivity contribution is 5.83. The number of alkyl halides is 3. The SMILES string of the molecule is CC(C)[C@]1(C(=O)N2CCc3ncc(OCC(F)(F)F)cc3C2)CC[C@@H](N)C1. The fourth-order valence-corrected chi connectivity index (χ4v) is 4.22. The fraction of sp³-hybridized carbons (Fsp3) is 0.684. The van der Waals surface area contributed by atoms with E-state index < -0.39 is 18.2 Å². The Balaban J connectivity index is 1.75. The van der Waals surface area contributed by atoms with Crippen LogP contribution in [0.1, 0.15) is 44.4 Å². The van der Waals surface area contributed by atoms with Crippen molar-refractivity contribution in [2.24, 2.45) is 17.1 Å². The summed E-state index contributed by atoms with van der Waals surface area (Å²) in [5.41, 5.74) is 7.19. The molecule has 8 heteroatoms. The topological polar surface area (TPSA) is 68.5 Å². The maximum absolute atomic E-state index is 13.3. The number of nitrogens with two attached hydrogens (primary N) is 1. The maximum atomic E-state index is 13.3. The van der Waals surface area contributed by atoms with Gasteiger partial charge in [0.15, 0.2) is 6.61 Å². The van der Waals surface area contributed by atoms with Gasteiger partial charge in [0, 0.05) is 31.2 Å². The summed E-state index contributed by atoms with van der Waals surface area (Å²) in [7, 11) is 0. The van der Waals surface area contributed by atoms with Crippen molar-refractivity contribution in [3.63, 3.8) is 0 Å². The molecule has 1 aliphatic heterocycles. The first-order valence-corrected chi connectivity index (χ1v) is 9.33. The summed E-state index contributed by atoms with van der Waals surface area (Å²) >= 11 is 0. The fourth-order valence-electron chi connectivity index (χ4n) is 4.22. The maximum Gasteiger partial charge on any atom is 0.422 e. The number of carbonyl (C=O) groups excluding carboxylic acids is 1. The van der Waals surface area contributed by atoms with Gasteiger partial charge in [0.25, 0.3) is 0 Å². The first-order chi connectivity index (χ1) is 12.6. The van der Waals surface area contributed by atoms with Crippen LogP contribution in [0.5, 0.6) is 5.75 Å². The summed E-state index contributed by atoms with van der Waals surface area (Å²) in [6.07, 6.45) is -0.205. The number of nitrogens with zero attached hydrogens (tertiary/aromatic N) is 2. The zero-order valence-corrected chi connectivity index (χ0v) is 15.7. The molecule has 1 aromatic rings. The van der Waals surface area contributed by atoms with Gasteiger partial charge in [-0.1, -0.05) is 13.8 Å². The van der Waals surface area contributed by atoms with Gasteiger partial charge in [-0.2, -0.15) is 13.2 Å². The Kier molecular flexibility index (Phi) is 5.38. The molecule has 1 amide bonds. The third-order valence-electron chi connectivity index (χ3n) is 5.82. The molecule has 0 aromatic carbocycles. The van der Waals surface area contributed by atoms with Gasteiger partial charge in [0.05, 0.1) is 11.6 Å². The number of hydrogen-bond acceptors (Lipinski definition) is 4. The highest BCUT2D eigenvalue weighted by Crippen LogP contribution is 2.45. The molecule has 0 bridgehead atoms. The van der Waals surface area contributed by atoms with Crippen molar-refractivity contribution in [3.05, 3.63) is 23.5 Å². The monoisotopic (exact) mass is 385 g/mol. The predicted octanol–water partition coefficient (Wildman–Crippen LogP) is 3.06. The molecular weight excluding hydrogens is 359 g/mol. The van der Waals surface area contributed by atoms with Gasteiger partial charge in [-0.15, -0.1) is 0 Å². The Hall–Kier alpha value is -1.83. The summed E-state index contributed by atoms with van der Waals surface area (Å²) in [5.74, 6) is 0.346. The summed E-state index contributed by atoms with van der Waals surface area (Å²) in [6, 6.07) is 1.60. The van der Waals surface area contributed by atoms with Gasteiger partial charge in [-0.25, -0.2) is 0 Å². The van der Waals surface area contributed by atoms with Crippen LogP contribution in [-0.4, -0.2) is 41.2 Å². The highest BCUT2D eigenvalue weighted by Gasteiger charge is 2.48. The molecule has 150 valence electrons. The standard InChI is InChI=1S/C19H26F3N3O2/c1-12(2)18(5-3-14(23)8-18)17(26)25-6-4-16-13(10-25)7-15(9-24-16)27-11-19(20,21)22/h7,9,12,14H,3-6,8,10-11,23H2,1-2H3/t14-,18+/m1/s1. The van der Waals surface area contributed by atoms with Crippen molar-refractivity contribution in [1.82, 2.24) is 9.88 Å². The molecule has 0 saturated heterocycles. The molecule has 5 nitrogen and oxygen atoms in total. The van der Waals surface area contributed by atoms with Gasteiger partial charge in [0.1, 0.15) is 5.75 Å². The van der Waals surface area contributed by atoms with Crippen molar-refractivity contribution in [1.29, 1.82) is 0 Å². The van der Waals surface area contributed by atoms with Gasteiger partial charge in [-0.05, 0) is 36.8 Å². The minimum atomic E-state index is -4.40. The molecule has 0 unspecified atom stereocenters. The number of carbonyl (C=O) groups is 1. The van der Waals surface area contributed by atoms with E-state index >= 15 is 0 Å². The van der Waals surface area contributed by atoms with Crippen LogP contribution in [-0.2, 0) is 17.8 Å². The number of halogens is 3. The van der Waals surface area contributed by atoms with Crippen LogP contribution in [0.25, 0.3) is 0 Å². The molecule has 2 aliphatic rings. The molecule has 0 spiro atoms. The zero-order chi connectivity index (χ0) is 19.8. The molecule has 1 aliphatic carbocycles. The minimum absolute atomic E-state index is 0.0393. The molecule has 1 aromatic heterocycles. The van der Waals surface area contributed by atoms with Crippen LogP contribution in [0.4, 0.5) is 13.2 Å². The second-order valence-corrected chi connectivity index (χ2v) is 7.97. The van der Waals surface area contributed by atoms with Crippen molar-refractivity contribution in [2.45, 2.75) is 58.3 Å². The van der Waals surface area contributed by atoms with Crippen LogP contribution >= 0.6 is 0 Å². The van der Waals surface area contributed by atoms with E-state index in [9.17, 15) is 18.0 Å². The second-order valence-electron chi connectivity index (χ2n) is 7.97. The molecule has 1 fully saturated rings. The first kappa shape index (κ1) is 19.9. The molecule has 1 saturated carbocycles. The molecule has 0 radical (unpaired) electrons. The van der Waals surface area contributed by atoms with E-state index in [1.54, 1.807) is 11.0 Å². The van der Waals surface area contributed by atoms with Gasteiger partial charge >= 0.3 is 6.18 Å². The average molecular weight is 385 g/mol. The van der Waals surface area contributed by atoms with Crippen LogP contribution in [0, 0.1) is 11.3 Å². The Labute approximate surface area is 157 Å². The number of aromatic nitrogens is 1. The summed E-state index contributed by atoms with van der Waals surface area (Å²) < 4.78 is 41.9. The summed E-state index contributed by atoms with van der Waals surface area (Å²) in [4.78, 5) is 19.4. The van der Waals surface area contributed by atoms with Crippen LogP contribution < -0.4 is 10.5 Å². The van der Waals surface area contributed by atoms with E-state index in [2.05, 4.69) is 18.8 Å². The smallest absolute Gasteiger partial charge is 0.422 e. The average Bonchev–Trinajstić information content (AvgIpc) is 3.01. The van der Waals surface area contributed by atoms with E-state index in [1.807, 2.05) is 0 Å². The van der Waals surface area contributed by atoms with Crippen molar-refractivity contribution in [2.75, 3.05) is 13.2 Å². The lowest BCUT2D eigenvalue weighted by atomic mass is 9.74. The number of hydrogen-bond donors (Lipinski definition) is 1. The lowest BCUT2D eigenvalue weighted by Gasteiger charge is -2.39. The zero-order valence-electron chi connectivity index (χ0n) is 15.7. The predicted molar refractivity (Wildman–Crippen MR) is 94.0 cm³/mol. The minimum Gasteiger partial charge on any atom is -0.482 e. The Morgan fingerprint density at radius 3 is 2.81 bits per heavy atom. The third-order valence-corrected chi connectivity index (χ3v) is 5.82. The van der Waals surface area contributed by atoms with E-state index in [0.29, 0.717) is 25.9 Å². The quantitative estimate of drug-likeness (QED) is 0.865. The third kappa shape index (κ3) is 4.20. The van der Waals surface area contributed by atoms with Crippen molar-refractivity contribution in [3.8, 4) is 5.75 Å². The van der Waals surface area contributed by atoms with Crippen LogP contribution in [0.15, 0.2) is 12.3 Å². The lowest BCUT2D eigenvalue weighted by Crippen LogP contribution is -2.48.